The van der Waals surface area contributed by atoms with Crippen molar-refractivity contribution in [3.05, 3.63) is 29.8 Å². The van der Waals surface area contributed by atoms with E-state index in [2.05, 4.69) is 48.3 Å². The fraction of sp³-hybridized carbons (Fsp3) is 0.600. The molecule has 1 aliphatic rings. The van der Waals surface area contributed by atoms with E-state index >= 15 is 0 Å². The van der Waals surface area contributed by atoms with Crippen molar-refractivity contribution in [3.8, 4) is 0 Å². The topological polar surface area (TPSA) is 12.0 Å². The molecule has 2 rings (SSSR count). The van der Waals surface area contributed by atoms with Crippen molar-refractivity contribution in [2.45, 2.75) is 44.3 Å². The highest BCUT2D eigenvalue weighted by atomic mass is 32.2. The van der Waals surface area contributed by atoms with Gasteiger partial charge in [-0.15, -0.1) is 0 Å². The Morgan fingerprint density at radius 2 is 2.18 bits per heavy atom. The van der Waals surface area contributed by atoms with Gasteiger partial charge in [0.15, 0.2) is 0 Å². The first-order chi connectivity index (χ1) is 8.40. The van der Waals surface area contributed by atoms with Gasteiger partial charge in [-0.3, -0.25) is 0 Å². The number of aryl methyl sites for hydroxylation is 1. The predicted octanol–water partition coefficient (Wildman–Crippen LogP) is 4.34. The quantitative estimate of drug-likeness (QED) is 0.779. The lowest BCUT2D eigenvalue weighted by molar-refractivity contribution is 0.768. The van der Waals surface area contributed by atoms with Crippen LogP contribution in [-0.4, -0.2) is 17.5 Å². The van der Waals surface area contributed by atoms with Gasteiger partial charge in [-0.1, -0.05) is 38.0 Å². The van der Waals surface area contributed by atoms with Gasteiger partial charge in [0.05, 0.1) is 0 Å². The maximum Gasteiger partial charge on any atom is 0.0373 e. The van der Waals surface area contributed by atoms with E-state index in [9.17, 15) is 0 Å². The van der Waals surface area contributed by atoms with Crippen molar-refractivity contribution in [2.75, 3.05) is 17.6 Å². The number of unbranched alkanes of at least 4 members (excludes halogenated alkanes) is 2. The number of anilines is 1. The van der Waals surface area contributed by atoms with E-state index in [1.54, 1.807) is 0 Å². The Morgan fingerprint density at radius 1 is 1.29 bits per heavy atom. The molecule has 0 radical (unpaired) electrons. The molecule has 1 unspecified atom stereocenters. The second-order valence-corrected chi connectivity index (χ2v) is 6.18. The lowest BCUT2D eigenvalue weighted by Gasteiger charge is -2.13. The van der Waals surface area contributed by atoms with Crippen molar-refractivity contribution < 1.29 is 0 Å². The summed E-state index contributed by atoms with van der Waals surface area (Å²) in [6.45, 7) is 3.41. The molecule has 1 nitrogen and oxygen atoms in total. The zero-order chi connectivity index (χ0) is 11.9. The van der Waals surface area contributed by atoms with Crippen molar-refractivity contribution in [2.24, 2.45) is 0 Å². The SMILES string of the molecule is CCCCCSC1CCc2ccccc2NC1. The van der Waals surface area contributed by atoms with E-state index in [0.29, 0.717) is 0 Å². The van der Waals surface area contributed by atoms with E-state index < -0.39 is 0 Å². The van der Waals surface area contributed by atoms with Crippen LogP contribution in [0.1, 0.15) is 38.2 Å². The molecule has 0 amide bonds. The minimum absolute atomic E-state index is 0.791. The summed E-state index contributed by atoms with van der Waals surface area (Å²) in [5.74, 6) is 1.33. The molecule has 1 N–H and O–H groups in total. The highest BCUT2D eigenvalue weighted by Crippen LogP contribution is 2.26. The summed E-state index contributed by atoms with van der Waals surface area (Å²) < 4.78 is 0. The fourth-order valence-corrected chi connectivity index (χ4v) is 3.49. The summed E-state index contributed by atoms with van der Waals surface area (Å²) in [6.07, 6.45) is 6.64. The molecular weight excluding hydrogens is 226 g/mol. The molecule has 0 saturated carbocycles. The van der Waals surface area contributed by atoms with Crippen LogP contribution in [0.4, 0.5) is 5.69 Å². The van der Waals surface area contributed by atoms with Crippen LogP contribution in [0.2, 0.25) is 0 Å². The number of hydrogen-bond acceptors (Lipinski definition) is 2. The molecule has 94 valence electrons. The van der Waals surface area contributed by atoms with E-state index in [0.717, 1.165) is 11.8 Å². The van der Waals surface area contributed by atoms with E-state index in [1.807, 2.05) is 0 Å². The highest BCUT2D eigenvalue weighted by Gasteiger charge is 2.15. The summed E-state index contributed by atoms with van der Waals surface area (Å²) in [7, 11) is 0. The second-order valence-electron chi connectivity index (χ2n) is 4.78. The van der Waals surface area contributed by atoms with Gasteiger partial charge in [0.2, 0.25) is 0 Å². The number of para-hydroxylation sites is 1. The van der Waals surface area contributed by atoms with Gasteiger partial charge >= 0.3 is 0 Å². The maximum atomic E-state index is 3.60. The van der Waals surface area contributed by atoms with Gasteiger partial charge in [0.1, 0.15) is 0 Å². The van der Waals surface area contributed by atoms with Gasteiger partial charge in [-0.2, -0.15) is 11.8 Å². The fourth-order valence-electron chi connectivity index (χ4n) is 2.30. The number of thioether (sulfide) groups is 1. The minimum Gasteiger partial charge on any atom is -0.384 e. The maximum absolute atomic E-state index is 3.60. The van der Waals surface area contributed by atoms with Crippen LogP contribution in [0.25, 0.3) is 0 Å². The molecule has 1 heterocycles. The smallest absolute Gasteiger partial charge is 0.0373 e. The minimum atomic E-state index is 0.791. The average molecular weight is 249 g/mol. The molecule has 0 aliphatic carbocycles. The third kappa shape index (κ3) is 3.95. The van der Waals surface area contributed by atoms with Crippen LogP contribution in [0.5, 0.6) is 0 Å². The summed E-state index contributed by atoms with van der Waals surface area (Å²) in [6, 6.07) is 8.74. The Morgan fingerprint density at radius 3 is 3.06 bits per heavy atom. The van der Waals surface area contributed by atoms with Gasteiger partial charge in [0.25, 0.3) is 0 Å². The van der Waals surface area contributed by atoms with Gasteiger partial charge in [-0.25, -0.2) is 0 Å². The molecule has 1 atom stereocenters. The molecular formula is C15H23NS. The van der Waals surface area contributed by atoms with Crippen LogP contribution in [0.3, 0.4) is 0 Å². The number of fused-ring (bicyclic) bond motifs is 1. The number of nitrogens with one attached hydrogen (secondary N) is 1. The Kier molecular flexibility index (Phi) is 5.24. The standard InChI is InChI=1S/C15H23NS/c1-2-3-6-11-17-14-10-9-13-7-4-5-8-15(13)16-12-14/h4-5,7-8,14,16H,2-3,6,9-12H2,1H3. The molecule has 1 aliphatic heterocycles. The Hall–Kier alpha value is -0.630. The lowest BCUT2D eigenvalue weighted by Crippen LogP contribution is -2.15. The zero-order valence-electron chi connectivity index (χ0n) is 10.7. The molecule has 0 saturated heterocycles. The molecule has 2 heteroatoms. The third-order valence-electron chi connectivity index (χ3n) is 3.37. The molecule has 1 aromatic carbocycles. The average Bonchev–Trinajstić information content (AvgIpc) is 2.58. The van der Waals surface area contributed by atoms with E-state index in [1.165, 1.54) is 49.1 Å². The molecule has 0 fully saturated rings. The van der Waals surface area contributed by atoms with Crippen molar-refractivity contribution in [1.29, 1.82) is 0 Å². The molecule has 1 aromatic rings. The zero-order valence-corrected chi connectivity index (χ0v) is 11.6. The Balaban J connectivity index is 1.78. The first-order valence-electron chi connectivity index (χ1n) is 6.83. The van der Waals surface area contributed by atoms with Crippen molar-refractivity contribution in [3.63, 3.8) is 0 Å². The highest BCUT2D eigenvalue weighted by molar-refractivity contribution is 7.99. The van der Waals surface area contributed by atoms with Crippen LogP contribution >= 0.6 is 11.8 Å². The third-order valence-corrected chi connectivity index (χ3v) is 4.77. The Labute approximate surface area is 109 Å². The predicted molar refractivity (Wildman–Crippen MR) is 79.0 cm³/mol. The van der Waals surface area contributed by atoms with Crippen molar-refractivity contribution >= 4 is 17.4 Å². The van der Waals surface area contributed by atoms with Gasteiger partial charge < -0.3 is 5.32 Å². The lowest BCUT2D eigenvalue weighted by atomic mass is 10.1. The molecule has 0 aromatic heterocycles. The van der Waals surface area contributed by atoms with Crippen molar-refractivity contribution in [1.82, 2.24) is 0 Å². The Bertz CT molecular complexity index is 310. The second kappa shape index (κ2) is 6.95. The van der Waals surface area contributed by atoms with E-state index in [4.69, 9.17) is 0 Å². The normalized spacial score (nSPS) is 19.2. The van der Waals surface area contributed by atoms with Gasteiger partial charge in [0, 0.05) is 17.5 Å². The molecule has 17 heavy (non-hydrogen) atoms. The number of hydrogen-bond donors (Lipinski definition) is 1. The monoisotopic (exact) mass is 249 g/mol. The first kappa shape index (κ1) is 12.8. The van der Waals surface area contributed by atoms with Gasteiger partial charge in [-0.05, 0) is 36.6 Å². The molecule has 0 spiro atoms. The van der Waals surface area contributed by atoms with Crippen LogP contribution in [0.15, 0.2) is 24.3 Å². The summed E-state index contributed by atoms with van der Waals surface area (Å²) in [4.78, 5) is 0. The number of benzene rings is 1. The summed E-state index contributed by atoms with van der Waals surface area (Å²) >= 11 is 2.16. The largest absolute Gasteiger partial charge is 0.384 e. The summed E-state index contributed by atoms with van der Waals surface area (Å²) in [5, 5.41) is 4.39. The van der Waals surface area contributed by atoms with Crippen LogP contribution in [-0.2, 0) is 6.42 Å². The van der Waals surface area contributed by atoms with Crippen LogP contribution in [0, 0.1) is 0 Å². The number of rotatable bonds is 5. The van der Waals surface area contributed by atoms with E-state index in [-0.39, 0.29) is 0 Å². The summed E-state index contributed by atoms with van der Waals surface area (Å²) in [5.41, 5.74) is 2.84. The molecule has 0 bridgehead atoms. The van der Waals surface area contributed by atoms with Crippen LogP contribution < -0.4 is 5.32 Å². The first-order valence-corrected chi connectivity index (χ1v) is 7.88.